The van der Waals surface area contributed by atoms with Gasteiger partial charge in [0.2, 0.25) is 5.91 Å². The molecule has 0 radical (unpaired) electrons. The topological polar surface area (TPSA) is 73.5 Å². The number of benzene rings is 1. The summed E-state index contributed by atoms with van der Waals surface area (Å²) in [6.45, 7) is 4.92. The molecular formula is C15H21ClN4O2. The van der Waals surface area contributed by atoms with Gasteiger partial charge < -0.3 is 16.0 Å². The molecule has 1 atom stereocenters. The van der Waals surface area contributed by atoms with Gasteiger partial charge in [-0.3, -0.25) is 9.69 Å². The predicted molar refractivity (Wildman–Crippen MR) is 88.7 cm³/mol. The maximum Gasteiger partial charge on any atom is 0.321 e. The van der Waals surface area contributed by atoms with E-state index in [9.17, 15) is 9.59 Å². The molecule has 6 nitrogen and oxygen atoms in total. The summed E-state index contributed by atoms with van der Waals surface area (Å²) in [5.41, 5.74) is 1.27. The van der Waals surface area contributed by atoms with Crippen molar-refractivity contribution in [3.63, 3.8) is 0 Å². The minimum atomic E-state index is -0.340. The molecule has 1 aromatic rings. The van der Waals surface area contributed by atoms with E-state index < -0.39 is 0 Å². The SMILES string of the molecule is CC1(C(=O)Nc2ccc(N3CCNC3=O)cc2)CCNC1.Cl. The largest absolute Gasteiger partial charge is 0.336 e. The summed E-state index contributed by atoms with van der Waals surface area (Å²) in [4.78, 5) is 25.6. The van der Waals surface area contributed by atoms with Crippen molar-refractivity contribution in [2.45, 2.75) is 13.3 Å². The van der Waals surface area contributed by atoms with Crippen molar-refractivity contribution in [1.29, 1.82) is 0 Å². The monoisotopic (exact) mass is 324 g/mol. The molecule has 22 heavy (non-hydrogen) atoms. The number of urea groups is 1. The van der Waals surface area contributed by atoms with Gasteiger partial charge in [0.15, 0.2) is 0 Å². The maximum absolute atomic E-state index is 12.3. The van der Waals surface area contributed by atoms with Gasteiger partial charge >= 0.3 is 6.03 Å². The van der Waals surface area contributed by atoms with Crippen LogP contribution in [-0.2, 0) is 4.79 Å². The second-order valence-corrected chi connectivity index (χ2v) is 5.87. The third-order valence-corrected chi connectivity index (χ3v) is 4.21. The first kappa shape index (κ1) is 16.6. The number of carbonyl (C=O) groups is 2. The van der Waals surface area contributed by atoms with E-state index >= 15 is 0 Å². The normalized spacial score (nSPS) is 23.9. The Hall–Kier alpha value is -1.79. The van der Waals surface area contributed by atoms with Crippen LogP contribution in [0.25, 0.3) is 0 Å². The molecule has 0 aromatic heterocycles. The van der Waals surface area contributed by atoms with E-state index in [0.29, 0.717) is 19.6 Å². The van der Waals surface area contributed by atoms with Crippen LogP contribution >= 0.6 is 12.4 Å². The highest BCUT2D eigenvalue weighted by molar-refractivity contribution is 5.97. The molecule has 3 amide bonds. The molecule has 2 fully saturated rings. The molecule has 0 aliphatic carbocycles. The molecule has 3 N–H and O–H groups in total. The first-order valence-electron chi connectivity index (χ1n) is 7.26. The molecule has 1 aromatic carbocycles. The van der Waals surface area contributed by atoms with Crippen LogP contribution in [0, 0.1) is 5.41 Å². The first-order valence-corrected chi connectivity index (χ1v) is 7.26. The van der Waals surface area contributed by atoms with Gasteiger partial charge in [-0.15, -0.1) is 12.4 Å². The molecule has 3 rings (SSSR count). The van der Waals surface area contributed by atoms with Crippen molar-refractivity contribution in [3.05, 3.63) is 24.3 Å². The third-order valence-electron chi connectivity index (χ3n) is 4.21. The van der Waals surface area contributed by atoms with E-state index in [0.717, 1.165) is 24.3 Å². The van der Waals surface area contributed by atoms with Crippen molar-refractivity contribution in [2.75, 3.05) is 36.4 Å². The highest BCUT2D eigenvalue weighted by Crippen LogP contribution is 2.27. The molecule has 2 aliphatic heterocycles. The van der Waals surface area contributed by atoms with Gasteiger partial charge in [0, 0.05) is 31.0 Å². The molecule has 0 spiro atoms. The van der Waals surface area contributed by atoms with Crippen molar-refractivity contribution in [2.24, 2.45) is 5.41 Å². The lowest BCUT2D eigenvalue weighted by Gasteiger charge is -2.22. The van der Waals surface area contributed by atoms with Gasteiger partial charge in [-0.1, -0.05) is 0 Å². The summed E-state index contributed by atoms with van der Waals surface area (Å²) in [5.74, 6) is 0.0409. The Balaban J connectivity index is 0.00000176. The molecule has 120 valence electrons. The molecular weight excluding hydrogens is 304 g/mol. The minimum absolute atomic E-state index is 0. The third kappa shape index (κ3) is 3.18. The highest BCUT2D eigenvalue weighted by atomic mass is 35.5. The molecule has 7 heteroatoms. The fourth-order valence-electron chi connectivity index (χ4n) is 2.74. The van der Waals surface area contributed by atoms with Crippen LogP contribution in [0.2, 0.25) is 0 Å². The summed E-state index contributed by atoms with van der Waals surface area (Å²) in [5, 5.41) is 8.94. The zero-order chi connectivity index (χ0) is 14.9. The Kier molecular flexibility index (Phi) is 4.93. The van der Waals surface area contributed by atoms with Gasteiger partial charge in [-0.2, -0.15) is 0 Å². The number of hydrogen-bond acceptors (Lipinski definition) is 3. The van der Waals surface area contributed by atoms with Gasteiger partial charge in [-0.25, -0.2) is 4.79 Å². The van der Waals surface area contributed by atoms with Crippen LogP contribution in [0.1, 0.15) is 13.3 Å². The lowest BCUT2D eigenvalue weighted by molar-refractivity contribution is -0.123. The van der Waals surface area contributed by atoms with Crippen molar-refractivity contribution < 1.29 is 9.59 Å². The van der Waals surface area contributed by atoms with Gasteiger partial charge in [0.25, 0.3) is 0 Å². The van der Waals surface area contributed by atoms with Gasteiger partial charge in [0.05, 0.1) is 5.41 Å². The van der Waals surface area contributed by atoms with Crippen LogP contribution in [-0.4, -0.2) is 38.1 Å². The Morgan fingerprint density at radius 3 is 2.55 bits per heavy atom. The minimum Gasteiger partial charge on any atom is -0.336 e. The predicted octanol–water partition coefficient (Wildman–Crippen LogP) is 1.58. The Labute approximate surface area is 136 Å². The average molecular weight is 325 g/mol. The number of nitrogens with one attached hydrogen (secondary N) is 3. The van der Waals surface area contributed by atoms with E-state index in [1.807, 2.05) is 31.2 Å². The summed E-state index contributed by atoms with van der Waals surface area (Å²) in [6, 6.07) is 7.32. The Bertz CT molecular complexity index is 555. The number of anilines is 2. The van der Waals surface area contributed by atoms with Crippen molar-refractivity contribution >= 4 is 35.7 Å². The van der Waals surface area contributed by atoms with Crippen molar-refractivity contribution in [3.8, 4) is 0 Å². The second-order valence-electron chi connectivity index (χ2n) is 5.87. The van der Waals surface area contributed by atoms with Crippen molar-refractivity contribution in [1.82, 2.24) is 10.6 Å². The first-order chi connectivity index (χ1) is 10.1. The van der Waals surface area contributed by atoms with Gasteiger partial charge in [-0.05, 0) is 44.2 Å². The molecule has 2 heterocycles. The second kappa shape index (κ2) is 6.54. The van der Waals surface area contributed by atoms with Gasteiger partial charge in [0.1, 0.15) is 0 Å². The molecule has 2 aliphatic rings. The van der Waals surface area contributed by atoms with E-state index in [2.05, 4.69) is 16.0 Å². The van der Waals surface area contributed by atoms with E-state index in [4.69, 9.17) is 0 Å². The number of carbonyl (C=O) groups excluding carboxylic acids is 2. The molecule has 2 saturated heterocycles. The smallest absolute Gasteiger partial charge is 0.321 e. The van der Waals surface area contributed by atoms with Crippen LogP contribution in [0.5, 0.6) is 0 Å². The van der Waals surface area contributed by atoms with Crippen LogP contribution in [0.3, 0.4) is 0 Å². The van der Waals surface area contributed by atoms with E-state index in [-0.39, 0.29) is 29.8 Å². The number of amides is 3. The molecule has 0 saturated carbocycles. The lowest BCUT2D eigenvalue weighted by Crippen LogP contribution is -2.35. The number of nitrogens with zero attached hydrogens (tertiary/aromatic N) is 1. The Morgan fingerprint density at radius 2 is 2.00 bits per heavy atom. The molecule has 1 unspecified atom stereocenters. The fraction of sp³-hybridized carbons (Fsp3) is 0.467. The summed E-state index contributed by atoms with van der Waals surface area (Å²) in [7, 11) is 0. The maximum atomic E-state index is 12.3. The Morgan fingerprint density at radius 1 is 1.27 bits per heavy atom. The zero-order valence-electron chi connectivity index (χ0n) is 12.5. The average Bonchev–Trinajstić information content (AvgIpc) is 3.09. The highest BCUT2D eigenvalue weighted by Gasteiger charge is 2.36. The fourth-order valence-corrected chi connectivity index (χ4v) is 2.74. The van der Waals surface area contributed by atoms with E-state index in [1.165, 1.54) is 0 Å². The molecule has 0 bridgehead atoms. The number of hydrogen-bond donors (Lipinski definition) is 3. The summed E-state index contributed by atoms with van der Waals surface area (Å²) >= 11 is 0. The number of halogens is 1. The summed E-state index contributed by atoms with van der Waals surface area (Å²) in [6.07, 6.45) is 0.852. The zero-order valence-corrected chi connectivity index (χ0v) is 13.3. The van der Waals surface area contributed by atoms with Crippen LogP contribution in [0.15, 0.2) is 24.3 Å². The van der Waals surface area contributed by atoms with Crippen LogP contribution in [0.4, 0.5) is 16.2 Å². The standard InChI is InChI=1S/C15H20N4O2.ClH/c1-15(6-7-16-10-15)13(20)18-11-2-4-12(5-3-11)19-9-8-17-14(19)21;/h2-5,16H,6-10H2,1H3,(H,17,21)(H,18,20);1H. The van der Waals surface area contributed by atoms with Crippen LogP contribution < -0.4 is 20.9 Å². The number of rotatable bonds is 3. The quantitative estimate of drug-likeness (QED) is 0.790. The lowest BCUT2D eigenvalue weighted by atomic mass is 9.89. The van der Waals surface area contributed by atoms with E-state index in [1.54, 1.807) is 4.90 Å². The summed E-state index contributed by atoms with van der Waals surface area (Å²) < 4.78 is 0.